The van der Waals surface area contributed by atoms with Gasteiger partial charge in [-0.15, -0.1) is 0 Å². The van der Waals surface area contributed by atoms with Crippen LogP contribution in [-0.2, 0) is 9.59 Å². The highest BCUT2D eigenvalue weighted by atomic mass is 35.5. The van der Waals surface area contributed by atoms with E-state index < -0.39 is 35.1 Å². The van der Waals surface area contributed by atoms with Gasteiger partial charge >= 0.3 is 5.97 Å². The van der Waals surface area contributed by atoms with Crippen molar-refractivity contribution >= 4 is 50.1 Å². The average molecular weight is 625 g/mol. The van der Waals surface area contributed by atoms with E-state index in [0.29, 0.717) is 11.3 Å². The molecular formula is C26H28ClF2N6O6P. The Morgan fingerprint density at radius 1 is 1.12 bits per heavy atom. The number of amides is 2. The maximum absolute atomic E-state index is 15.0. The van der Waals surface area contributed by atoms with E-state index in [2.05, 4.69) is 21.2 Å². The van der Waals surface area contributed by atoms with E-state index in [1.165, 1.54) is 38.7 Å². The third kappa shape index (κ3) is 9.25. The Labute approximate surface area is 246 Å². The van der Waals surface area contributed by atoms with Crippen LogP contribution in [-0.4, -0.2) is 53.3 Å². The molecule has 0 bridgehead atoms. The minimum absolute atomic E-state index is 0.0381. The van der Waals surface area contributed by atoms with E-state index in [1.54, 1.807) is 33.5 Å². The number of alkyl halides is 1. The van der Waals surface area contributed by atoms with E-state index in [0.717, 1.165) is 13.0 Å². The number of anilines is 1. The van der Waals surface area contributed by atoms with Crippen molar-refractivity contribution in [3.63, 3.8) is 0 Å². The maximum atomic E-state index is 15.0. The number of nitrogens with zero attached hydrogens (tertiary/aromatic N) is 1. The van der Waals surface area contributed by atoms with Gasteiger partial charge in [0, 0.05) is 35.3 Å². The molecule has 3 rings (SSSR count). The maximum Gasteiger partial charge on any atom is 0.344 e. The number of hydrogen-bond donors (Lipinski definition) is 6. The number of carboxylic acid groups (broad SMARTS) is 1. The van der Waals surface area contributed by atoms with Gasteiger partial charge in [0.2, 0.25) is 5.41 Å². The first kappa shape index (κ1) is 33.7. The summed E-state index contributed by atoms with van der Waals surface area (Å²) in [4.78, 5) is 39.0. The molecule has 0 saturated carbocycles. The summed E-state index contributed by atoms with van der Waals surface area (Å²) in [6, 6.07) is 8.79. The number of benzene rings is 2. The van der Waals surface area contributed by atoms with Gasteiger partial charge in [0.25, 0.3) is 11.8 Å². The van der Waals surface area contributed by atoms with Crippen molar-refractivity contribution in [2.75, 3.05) is 19.5 Å². The molecule has 0 fully saturated rings. The second-order valence-electron chi connectivity index (χ2n) is 8.48. The first-order valence-electron chi connectivity index (χ1n) is 11.7. The van der Waals surface area contributed by atoms with E-state index in [4.69, 9.17) is 37.3 Å². The summed E-state index contributed by atoms with van der Waals surface area (Å²) >= 11 is 5.99. The number of nitrogens with one attached hydrogen (secondary N) is 4. The summed E-state index contributed by atoms with van der Waals surface area (Å²) in [5.74, 6) is -3.52. The highest BCUT2D eigenvalue weighted by Crippen LogP contribution is 2.34. The summed E-state index contributed by atoms with van der Waals surface area (Å²) in [5, 5.41) is 16.2. The average Bonchev–Trinajstić information content (AvgIpc) is 2.94. The van der Waals surface area contributed by atoms with Crippen LogP contribution in [0.15, 0.2) is 54.9 Å². The zero-order chi connectivity index (χ0) is 31.6. The molecular weight excluding hydrogens is 597 g/mol. The van der Waals surface area contributed by atoms with Gasteiger partial charge in [0.05, 0.1) is 24.8 Å². The predicted molar refractivity (Wildman–Crippen MR) is 155 cm³/mol. The van der Waals surface area contributed by atoms with Crippen LogP contribution in [0.25, 0.3) is 0 Å². The zero-order valence-corrected chi connectivity index (χ0v) is 24.4. The predicted octanol–water partition coefficient (Wildman–Crippen LogP) is 3.42. The highest BCUT2D eigenvalue weighted by molar-refractivity contribution is 7.20. The van der Waals surface area contributed by atoms with Crippen LogP contribution in [0.5, 0.6) is 11.5 Å². The third-order valence-electron chi connectivity index (χ3n) is 5.31. The van der Waals surface area contributed by atoms with Crippen LogP contribution in [0.3, 0.4) is 0 Å². The fourth-order valence-corrected chi connectivity index (χ4v) is 3.28. The van der Waals surface area contributed by atoms with Crippen LogP contribution in [0.1, 0.15) is 34.5 Å². The number of carbonyl (C=O) groups excluding carboxylic acids is 2. The van der Waals surface area contributed by atoms with Crippen molar-refractivity contribution in [1.82, 2.24) is 15.8 Å². The SMILES string of the molecule is CC(F)(P)C(=O)O.COc1cc(F)c(C(Nc2ccc(C(=N)N)cc2)C(=O)NNC(=O)c2cnccc2Cl)cc1OC. The molecule has 16 heteroatoms. The van der Waals surface area contributed by atoms with Crippen molar-refractivity contribution < 1.29 is 37.7 Å². The molecule has 12 nitrogen and oxygen atoms in total. The van der Waals surface area contributed by atoms with E-state index in [9.17, 15) is 18.8 Å². The first-order chi connectivity index (χ1) is 19.7. The number of nitrogen functional groups attached to an aromatic ring is 1. The van der Waals surface area contributed by atoms with Gasteiger partial charge in [0.1, 0.15) is 17.7 Å². The summed E-state index contributed by atoms with van der Waals surface area (Å²) in [6.45, 7) is 0.958. The smallest absolute Gasteiger partial charge is 0.344 e. The van der Waals surface area contributed by atoms with Crippen molar-refractivity contribution in [2.24, 2.45) is 5.73 Å². The van der Waals surface area contributed by atoms with Crippen LogP contribution in [0.4, 0.5) is 14.5 Å². The summed E-state index contributed by atoms with van der Waals surface area (Å²) in [5.41, 5.74) is 10.8. The molecule has 3 atom stereocenters. The minimum Gasteiger partial charge on any atom is -0.493 e. The van der Waals surface area contributed by atoms with Gasteiger partial charge in [-0.25, -0.2) is 13.6 Å². The van der Waals surface area contributed by atoms with Crippen molar-refractivity contribution in [3.05, 3.63) is 82.4 Å². The Balaban J connectivity index is 0.000000782. The Bertz CT molecular complexity index is 1460. The first-order valence-corrected chi connectivity index (χ1v) is 12.7. The summed E-state index contributed by atoms with van der Waals surface area (Å²) in [6.07, 6.45) is 2.65. The van der Waals surface area contributed by atoms with Crippen LogP contribution in [0.2, 0.25) is 5.02 Å². The number of hydrazine groups is 1. The lowest BCUT2D eigenvalue weighted by molar-refractivity contribution is -0.144. The zero-order valence-electron chi connectivity index (χ0n) is 22.5. The molecule has 224 valence electrons. The number of halogens is 3. The Morgan fingerprint density at radius 3 is 2.19 bits per heavy atom. The standard InChI is InChI=1S/C23H22ClFN6O4.C3H6FO2P/c1-34-18-9-14(17(25)10-19(18)35-2)20(29-13-5-3-12(4-6-13)21(26)27)23(33)31-30-22(32)15-11-28-8-7-16(15)24;1-3(4,7)2(5)6/h3-11,20,29H,1-2H3,(H3,26,27)(H,30,32)(H,31,33);7H2,1H3,(H,5,6). The molecule has 1 heterocycles. The number of rotatable bonds is 9. The van der Waals surface area contributed by atoms with E-state index in [-0.39, 0.29) is 33.5 Å². The highest BCUT2D eigenvalue weighted by Gasteiger charge is 2.27. The second-order valence-corrected chi connectivity index (χ2v) is 9.97. The number of carbonyl (C=O) groups is 3. The second kappa shape index (κ2) is 14.9. The number of amidine groups is 1. The quantitative estimate of drug-likeness (QED) is 0.0897. The topological polar surface area (TPSA) is 189 Å². The van der Waals surface area contributed by atoms with Crippen molar-refractivity contribution in [1.29, 1.82) is 5.41 Å². The molecule has 0 aliphatic heterocycles. The van der Waals surface area contributed by atoms with E-state index in [1.807, 2.05) is 0 Å². The van der Waals surface area contributed by atoms with E-state index >= 15 is 4.39 Å². The largest absolute Gasteiger partial charge is 0.493 e. The lowest BCUT2D eigenvalue weighted by atomic mass is 10.0. The number of pyridine rings is 1. The molecule has 0 spiro atoms. The summed E-state index contributed by atoms with van der Waals surface area (Å²) in [7, 11) is 4.30. The Kier molecular flexibility index (Phi) is 11.9. The number of methoxy groups -OCH3 is 2. The number of ether oxygens (including phenoxy) is 2. The van der Waals surface area contributed by atoms with Gasteiger partial charge in [-0.3, -0.25) is 30.8 Å². The van der Waals surface area contributed by atoms with Crippen molar-refractivity contribution in [3.8, 4) is 11.5 Å². The lowest BCUT2D eigenvalue weighted by Crippen LogP contribution is -2.45. The number of nitrogens with two attached hydrogens (primary N) is 1. The molecule has 0 saturated heterocycles. The molecule has 42 heavy (non-hydrogen) atoms. The minimum atomic E-state index is -2.17. The Hall–Kier alpha value is -4.55. The fourth-order valence-electron chi connectivity index (χ4n) is 3.09. The normalized spacial score (nSPS) is 12.4. The van der Waals surface area contributed by atoms with Crippen LogP contribution >= 0.6 is 20.8 Å². The molecule has 0 radical (unpaired) electrons. The number of hydrogen-bond acceptors (Lipinski definition) is 8. The van der Waals surface area contributed by atoms with Gasteiger partial charge in [0.15, 0.2) is 11.5 Å². The van der Waals surface area contributed by atoms with Gasteiger partial charge in [-0.05, 0) is 43.3 Å². The van der Waals surface area contributed by atoms with Gasteiger partial charge in [-0.1, -0.05) is 20.8 Å². The number of aliphatic carboxylic acids is 1. The molecule has 1 aromatic heterocycles. The molecule has 2 amide bonds. The third-order valence-corrected chi connectivity index (χ3v) is 5.89. The monoisotopic (exact) mass is 624 g/mol. The summed E-state index contributed by atoms with van der Waals surface area (Å²) < 4.78 is 37.3. The Morgan fingerprint density at radius 2 is 1.69 bits per heavy atom. The van der Waals surface area contributed by atoms with Crippen LogP contribution in [0, 0.1) is 11.2 Å². The molecule has 7 N–H and O–H groups in total. The molecule has 3 unspecified atom stereocenters. The molecule has 3 aromatic rings. The molecule has 0 aliphatic carbocycles. The number of carboxylic acids is 1. The lowest BCUT2D eigenvalue weighted by Gasteiger charge is -2.22. The number of aromatic nitrogens is 1. The fraction of sp³-hybridized carbons (Fsp3) is 0.192. The van der Waals surface area contributed by atoms with Crippen LogP contribution < -0.4 is 31.4 Å². The van der Waals surface area contributed by atoms with Crippen molar-refractivity contribution in [2.45, 2.75) is 18.4 Å². The molecule has 0 aliphatic rings. The van der Waals surface area contributed by atoms with Gasteiger partial charge < -0.3 is 25.6 Å². The van der Waals surface area contributed by atoms with Gasteiger partial charge in [-0.2, -0.15) is 0 Å². The molecule has 2 aromatic carbocycles.